The molecule has 7 aromatic rings. The molecule has 3 N–H and O–H groups in total. The molecule has 16 nitrogen and oxygen atoms in total. The van der Waals surface area contributed by atoms with E-state index in [4.69, 9.17) is 19.2 Å². The number of non-ortho nitro benzene ring substituents is 1. The van der Waals surface area contributed by atoms with Gasteiger partial charge in [-0.05, 0) is 108 Å². The molecule has 1 aromatic heterocycles. The number of carbonyl (C=O) groups excluding carboxylic acids is 4. The fourth-order valence-electron chi connectivity index (χ4n) is 11.6. The molecule has 76 heavy (non-hydrogen) atoms. The molecule has 6 unspecified atom stereocenters. The van der Waals surface area contributed by atoms with Crippen LogP contribution in [0.1, 0.15) is 90.1 Å². The quantitative estimate of drug-likeness (QED) is 0.0363. The summed E-state index contributed by atoms with van der Waals surface area (Å²) in [5, 5.41) is 36.4. The molecule has 6 aromatic carbocycles. The molecule has 4 heterocycles. The van der Waals surface area contributed by atoms with Crippen molar-refractivity contribution in [1.82, 2.24) is 9.88 Å². The van der Waals surface area contributed by atoms with E-state index in [1.165, 1.54) is 35.6 Å². The van der Waals surface area contributed by atoms with Crippen LogP contribution in [0.2, 0.25) is 0 Å². The highest BCUT2D eigenvalue weighted by atomic mass is 32.1. The van der Waals surface area contributed by atoms with E-state index in [-0.39, 0.29) is 35.3 Å². The second-order valence-electron chi connectivity index (χ2n) is 19.4. The molecule has 3 aliphatic heterocycles. The number of carbonyl (C=O) groups is 4. The van der Waals surface area contributed by atoms with Crippen molar-refractivity contribution in [3.05, 3.63) is 195 Å². The average molecular weight is 1040 g/mol. The summed E-state index contributed by atoms with van der Waals surface area (Å²) in [7, 11) is 0. The number of para-hydroxylation sites is 1. The average Bonchev–Trinajstić information content (AvgIpc) is 4.22. The number of aliphatic hydroxyl groups is 2. The molecular weight excluding hydrogens is 987 g/mol. The Hall–Kier alpha value is -8.27. The van der Waals surface area contributed by atoms with Crippen LogP contribution in [0.4, 0.5) is 21.3 Å². The van der Waals surface area contributed by atoms with Gasteiger partial charge in [0, 0.05) is 17.7 Å². The van der Waals surface area contributed by atoms with Crippen molar-refractivity contribution < 1.29 is 48.5 Å². The molecule has 1 aliphatic carbocycles. The van der Waals surface area contributed by atoms with Crippen LogP contribution in [0.3, 0.4) is 0 Å². The van der Waals surface area contributed by atoms with Gasteiger partial charge < -0.3 is 29.7 Å². The van der Waals surface area contributed by atoms with Crippen LogP contribution in [-0.4, -0.2) is 73.8 Å². The number of nitrogens with zero attached hydrogens (tertiary/aromatic N) is 4. The van der Waals surface area contributed by atoms with Crippen LogP contribution in [0, 0.1) is 27.9 Å². The van der Waals surface area contributed by atoms with Gasteiger partial charge in [0.25, 0.3) is 5.69 Å². The first-order chi connectivity index (χ1) is 37.0. The zero-order valence-corrected chi connectivity index (χ0v) is 41.8. The van der Waals surface area contributed by atoms with E-state index in [0.29, 0.717) is 51.9 Å². The Morgan fingerprint density at radius 2 is 1.53 bits per heavy atom. The Bertz CT molecular complexity index is 3390. The van der Waals surface area contributed by atoms with E-state index < -0.39 is 76.6 Å². The fraction of sp³-hybridized carbons (Fsp3) is 0.271. The van der Waals surface area contributed by atoms with E-state index >= 15 is 19.2 Å². The van der Waals surface area contributed by atoms with Crippen molar-refractivity contribution in [3.8, 4) is 17.6 Å². The van der Waals surface area contributed by atoms with Gasteiger partial charge in [-0.2, -0.15) is 0 Å². The van der Waals surface area contributed by atoms with Crippen molar-refractivity contribution in [2.75, 3.05) is 23.4 Å². The van der Waals surface area contributed by atoms with E-state index in [9.17, 15) is 20.3 Å². The summed E-state index contributed by atoms with van der Waals surface area (Å²) in [5.74, 6) is 2.51. The van der Waals surface area contributed by atoms with Crippen molar-refractivity contribution in [3.63, 3.8) is 0 Å². The smallest absolute Gasteiger partial charge is 0.421 e. The number of aromatic nitrogens is 1. The number of morpholine rings is 1. The van der Waals surface area contributed by atoms with Crippen molar-refractivity contribution in [2.45, 2.75) is 80.4 Å². The molecule has 17 heteroatoms. The summed E-state index contributed by atoms with van der Waals surface area (Å²) in [4.78, 5) is 82.0. The second-order valence-corrected chi connectivity index (χ2v) is 20.5. The van der Waals surface area contributed by atoms with Gasteiger partial charge in [-0.15, -0.1) is 0 Å². The van der Waals surface area contributed by atoms with E-state index in [1.54, 1.807) is 48.5 Å². The highest BCUT2D eigenvalue weighted by Gasteiger charge is 2.76. The number of aliphatic hydroxyl groups excluding tert-OH is 1. The Morgan fingerprint density at radius 3 is 2.24 bits per heavy atom. The Kier molecular flexibility index (Phi) is 13.7. The summed E-state index contributed by atoms with van der Waals surface area (Å²) < 4.78 is 19.4. The van der Waals surface area contributed by atoms with Crippen LogP contribution in [-0.2, 0) is 35.9 Å². The summed E-state index contributed by atoms with van der Waals surface area (Å²) in [6, 6.07) is 39.4. The number of hydrogen-bond donors (Lipinski definition) is 3. The standard InChI is InChI=1S/C59H51N5O11S/c65-32-33-73-43-19-13-18-41(35-43)52-59(44-34-37(28-31-58(70)29-11-1-2-12-30-58)24-27-46(44)62(55(59)68)57(69)74-36-38-22-25-42(26-23-38)64(71)72)48(53(66)61-56-60-45-20-9-10-21-47(45)76-56)50-54(67)75-51(40-16-7-4-8-17-40)49(63(50)52)39-14-5-3-6-15-39/h3-10,13-27,34-35,48-52,65,70H,1-2,11-12,29-30,32-33,36H2,(H,60,61,66). The number of rotatable bonds is 11. The first-order valence-electron chi connectivity index (χ1n) is 25.2. The number of cyclic esters (lactones) is 1. The minimum absolute atomic E-state index is 0.0528. The molecule has 0 radical (unpaired) electrons. The molecule has 3 fully saturated rings. The number of esters is 1. The van der Waals surface area contributed by atoms with Crippen molar-refractivity contribution in [1.29, 1.82) is 0 Å². The van der Waals surface area contributed by atoms with Crippen LogP contribution in [0.15, 0.2) is 152 Å². The maximum absolute atomic E-state index is 16.8. The first kappa shape index (κ1) is 49.9. The van der Waals surface area contributed by atoms with Crippen molar-refractivity contribution >= 4 is 61.9 Å². The molecular formula is C59H51N5O11S. The second kappa shape index (κ2) is 20.8. The predicted octanol–water partition coefficient (Wildman–Crippen LogP) is 9.65. The molecule has 3 amide bonds. The SMILES string of the molecule is O=C1OC(c2ccccc2)C(c2ccccc2)N2C1C(C(=O)Nc1nc3ccccc3s1)C1(C(=O)N(C(=O)OCc3ccc([N+](=O)[O-])cc3)c3ccc(C#CC4(O)CCCCCC4)cc31)C2c1cccc(OCCO)c1. The van der Waals surface area contributed by atoms with Crippen LogP contribution in [0.25, 0.3) is 10.2 Å². The molecule has 2 saturated heterocycles. The normalized spacial score (nSPS) is 22.7. The maximum atomic E-state index is 16.8. The Labute approximate surface area is 441 Å². The number of fused-ring (bicyclic) bond motifs is 4. The highest BCUT2D eigenvalue weighted by Crippen LogP contribution is 2.66. The summed E-state index contributed by atoms with van der Waals surface area (Å²) in [6.45, 7) is -0.767. The number of nitro groups is 1. The molecule has 4 aliphatic rings. The summed E-state index contributed by atoms with van der Waals surface area (Å²) in [5.41, 5.74) is -0.328. The van der Waals surface area contributed by atoms with E-state index in [1.807, 2.05) is 83.8 Å². The lowest BCUT2D eigenvalue weighted by Crippen LogP contribution is -2.54. The number of anilines is 2. The monoisotopic (exact) mass is 1040 g/mol. The maximum Gasteiger partial charge on any atom is 0.421 e. The molecule has 11 rings (SSSR count). The largest absolute Gasteiger partial charge is 0.491 e. The third-order valence-electron chi connectivity index (χ3n) is 14.9. The predicted molar refractivity (Wildman–Crippen MR) is 282 cm³/mol. The molecule has 384 valence electrons. The lowest BCUT2D eigenvalue weighted by molar-refractivity contribution is -0.384. The molecule has 6 atom stereocenters. The lowest BCUT2D eigenvalue weighted by atomic mass is 9.65. The third kappa shape index (κ3) is 9.12. The van der Waals surface area contributed by atoms with Crippen LogP contribution in [0.5, 0.6) is 5.75 Å². The van der Waals surface area contributed by atoms with Gasteiger partial charge in [0.05, 0.1) is 45.4 Å². The highest BCUT2D eigenvalue weighted by molar-refractivity contribution is 7.22. The minimum Gasteiger partial charge on any atom is -0.491 e. The van der Waals surface area contributed by atoms with Gasteiger partial charge in [0.1, 0.15) is 42.1 Å². The van der Waals surface area contributed by atoms with Crippen LogP contribution < -0.4 is 15.0 Å². The third-order valence-corrected chi connectivity index (χ3v) is 15.8. The zero-order valence-electron chi connectivity index (χ0n) is 41.0. The number of ether oxygens (including phenoxy) is 3. The van der Waals surface area contributed by atoms with Gasteiger partial charge >= 0.3 is 12.1 Å². The Balaban J connectivity index is 1.17. The Morgan fingerprint density at radius 1 is 0.829 bits per heavy atom. The van der Waals surface area contributed by atoms with Gasteiger partial charge in [0.2, 0.25) is 11.8 Å². The number of hydrogen-bond acceptors (Lipinski definition) is 14. The molecule has 1 spiro atoms. The zero-order chi connectivity index (χ0) is 52.6. The van der Waals surface area contributed by atoms with E-state index in [2.05, 4.69) is 17.2 Å². The lowest BCUT2D eigenvalue weighted by Gasteiger charge is -2.46. The number of amides is 3. The van der Waals surface area contributed by atoms with Gasteiger partial charge in [-0.25, -0.2) is 14.7 Å². The van der Waals surface area contributed by atoms with E-state index in [0.717, 1.165) is 35.3 Å². The fourth-order valence-corrected chi connectivity index (χ4v) is 12.4. The van der Waals surface area contributed by atoms with Gasteiger partial charge in [-0.3, -0.25) is 29.4 Å². The summed E-state index contributed by atoms with van der Waals surface area (Å²) in [6.07, 6.45) is 2.33. The van der Waals surface area contributed by atoms with Gasteiger partial charge in [0.15, 0.2) is 5.13 Å². The van der Waals surface area contributed by atoms with Crippen LogP contribution >= 0.6 is 11.3 Å². The topological polar surface area (TPSA) is 211 Å². The molecule has 1 saturated carbocycles. The number of nitro benzene ring substituents is 1. The number of benzene rings is 6. The first-order valence-corrected chi connectivity index (χ1v) is 26.0. The van der Waals surface area contributed by atoms with Crippen molar-refractivity contribution in [2.24, 2.45) is 5.92 Å². The number of imide groups is 1. The summed E-state index contributed by atoms with van der Waals surface area (Å²) >= 11 is 1.21. The number of nitrogens with one attached hydrogen (secondary N) is 1. The number of thiazole rings is 1. The minimum atomic E-state index is -2.21. The van der Waals surface area contributed by atoms with Gasteiger partial charge in [-0.1, -0.05) is 121 Å². The molecule has 0 bridgehead atoms.